The van der Waals surface area contributed by atoms with Crippen LogP contribution < -0.4 is 5.32 Å². The quantitative estimate of drug-likeness (QED) is 0.649. The molecule has 0 aliphatic carbocycles. The Morgan fingerprint density at radius 2 is 1.84 bits per heavy atom. The molecule has 0 spiro atoms. The first-order valence-electron chi connectivity index (χ1n) is 8.23. The molecule has 1 unspecified atom stereocenters. The number of likely N-dealkylation sites (N-methyl/N-ethyl adjacent to an activating group) is 1. The van der Waals surface area contributed by atoms with E-state index in [1.54, 1.807) is 0 Å². The molecule has 1 aliphatic rings. The van der Waals surface area contributed by atoms with E-state index in [1.165, 1.54) is 65.0 Å². The van der Waals surface area contributed by atoms with E-state index in [9.17, 15) is 0 Å². The topological polar surface area (TPSA) is 18.5 Å². The van der Waals surface area contributed by atoms with Gasteiger partial charge in [0.25, 0.3) is 0 Å². The number of nitrogens with zero attached hydrogens (tertiary/aromatic N) is 2. The van der Waals surface area contributed by atoms with Crippen molar-refractivity contribution in [2.75, 3.05) is 46.3 Å². The first kappa shape index (κ1) is 16.9. The molecule has 1 saturated heterocycles. The van der Waals surface area contributed by atoms with Crippen LogP contribution in [0.25, 0.3) is 0 Å². The van der Waals surface area contributed by atoms with Crippen LogP contribution >= 0.6 is 0 Å². The van der Waals surface area contributed by atoms with Crippen molar-refractivity contribution in [3.8, 4) is 0 Å². The fraction of sp³-hybridized carbons (Fsp3) is 1.00. The highest BCUT2D eigenvalue weighted by Crippen LogP contribution is 2.10. The Bertz CT molecular complexity index is 218. The fourth-order valence-corrected chi connectivity index (χ4v) is 2.82. The average molecular weight is 269 g/mol. The molecule has 0 bridgehead atoms. The zero-order valence-corrected chi connectivity index (χ0v) is 13.6. The summed E-state index contributed by atoms with van der Waals surface area (Å²) in [7, 11) is 2.23. The van der Waals surface area contributed by atoms with Gasteiger partial charge in [-0.25, -0.2) is 0 Å². The Kier molecular flexibility index (Phi) is 8.67. The summed E-state index contributed by atoms with van der Waals surface area (Å²) in [5.41, 5.74) is 0. The molecule has 0 radical (unpaired) electrons. The van der Waals surface area contributed by atoms with Crippen molar-refractivity contribution in [1.29, 1.82) is 0 Å². The average Bonchev–Trinajstić information content (AvgIpc) is 2.34. The van der Waals surface area contributed by atoms with Crippen molar-refractivity contribution in [2.45, 2.75) is 52.5 Å². The van der Waals surface area contributed by atoms with Gasteiger partial charge in [0, 0.05) is 25.7 Å². The van der Waals surface area contributed by atoms with Gasteiger partial charge in [-0.1, -0.05) is 26.7 Å². The lowest BCUT2D eigenvalue weighted by Crippen LogP contribution is -2.50. The first-order chi connectivity index (χ1) is 9.09. The molecule has 1 heterocycles. The summed E-state index contributed by atoms with van der Waals surface area (Å²) in [4.78, 5) is 5.11. The molecule has 19 heavy (non-hydrogen) atoms. The number of unbranched alkanes of at least 4 members (excludes halogenated alkanes) is 3. The molecular weight excluding hydrogens is 234 g/mol. The predicted molar refractivity (Wildman–Crippen MR) is 84.7 cm³/mol. The predicted octanol–water partition coefficient (Wildman–Crippen LogP) is 2.43. The Hall–Kier alpha value is -0.120. The summed E-state index contributed by atoms with van der Waals surface area (Å²) in [6.07, 6.45) is 5.49. The van der Waals surface area contributed by atoms with E-state index in [0.29, 0.717) is 0 Å². The highest BCUT2D eigenvalue weighted by molar-refractivity contribution is 4.76. The second-order valence-electron chi connectivity index (χ2n) is 6.66. The summed E-state index contributed by atoms with van der Waals surface area (Å²) < 4.78 is 0. The lowest BCUT2D eigenvalue weighted by molar-refractivity contribution is 0.0984. The Balaban J connectivity index is 1.90. The van der Waals surface area contributed by atoms with E-state index >= 15 is 0 Å². The van der Waals surface area contributed by atoms with Gasteiger partial charge in [0.05, 0.1) is 0 Å². The lowest BCUT2D eigenvalue weighted by Gasteiger charge is -2.38. The minimum atomic E-state index is 0.742. The second-order valence-corrected chi connectivity index (χ2v) is 6.66. The Labute approximate surface area is 120 Å². The highest BCUT2D eigenvalue weighted by Gasteiger charge is 2.20. The third-order valence-corrected chi connectivity index (χ3v) is 4.07. The second kappa shape index (κ2) is 9.73. The van der Waals surface area contributed by atoms with Crippen molar-refractivity contribution >= 4 is 0 Å². The van der Waals surface area contributed by atoms with Crippen molar-refractivity contribution in [1.82, 2.24) is 15.1 Å². The van der Waals surface area contributed by atoms with Gasteiger partial charge in [-0.05, 0) is 52.4 Å². The third kappa shape index (κ3) is 7.91. The van der Waals surface area contributed by atoms with Crippen LogP contribution in [0.5, 0.6) is 0 Å². The molecule has 1 N–H and O–H groups in total. The van der Waals surface area contributed by atoms with Crippen molar-refractivity contribution in [3.05, 3.63) is 0 Å². The van der Waals surface area contributed by atoms with Gasteiger partial charge in [-0.15, -0.1) is 0 Å². The van der Waals surface area contributed by atoms with Gasteiger partial charge in [0.2, 0.25) is 0 Å². The number of piperazine rings is 1. The molecule has 1 atom stereocenters. The normalized spacial score (nSPS) is 22.3. The van der Waals surface area contributed by atoms with E-state index < -0.39 is 0 Å². The summed E-state index contributed by atoms with van der Waals surface area (Å²) in [5.74, 6) is 0.777. The molecule has 0 aromatic carbocycles. The van der Waals surface area contributed by atoms with Crippen LogP contribution in [0.3, 0.4) is 0 Å². The van der Waals surface area contributed by atoms with Gasteiger partial charge in [-0.3, -0.25) is 4.90 Å². The maximum absolute atomic E-state index is 3.52. The largest absolute Gasteiger partial charge is 0.316 e. The molecule has 0 saturated carbocycles. The van der Waals surface area contributed by atoms with E-state index in [2.05, 4.69) is 42.9 Å². The molecule has 114 valence electrons. The van der Waals surface area contributed by atoms with E-state index in [-0.39, 0.29) is 0 Å². The number of nitrogens with one attached hydrogen (secondary N) is 1. The maximum Gasteiger partial charge on any atom is 0.0195 e. The van der Waals surface area contributed by atoms with Crippen molar-refractivity contribution < 1.29 is 0 Å². The fourth-order valence-electron chi connectivity index (χ4n) is 2.82. The minimum Gasteiger partial charge on any atom is -0.316 e. The van der Waals surface area contributed by atoms with Crippen molar-refractivity contribution in [2.24, 2.45) is 5.92 Å². The van der Waals surface area contributed by atoms with E-state index in [4.69, 9.17) is 0 Å². The lowest BCUT2D eigenvalue weighted by atomic mass is 10.1. The van der Waals surface area contributed by atoms with Crippen LogP contribution in [-0.4, -0.2) is 62.2 Å². The molecule has 0 aromatic heterocycles. The Morgan fingerprint density at radius 1 is 1.11 bits per heavy atom. The van der Waals surface area contributed by atoms with Crippen LogP contribution in [0, 0.1) is 5.92 Å². The molecule has 1 rings (SSSR count). The zero-order chi connectivity index (χ0) is 14.1. The van der Waals surface area contributed by atoms with Gasteiger partial charge >= 0.3 is 0 Å². The van der Waals surface area contributed by atoms with Crippen LogP contribution in [0.2, 0.25) is 0 Å². The highest BCUT2D eigenvalue weighted by atomic mass is 15.3. The number of hydrogen-bond acceptors (Lipinski definition) is 3. The smallest absolute Gasteiger partial charge is 0.0195 e. The molecule has 1 aliphatic heterocycles. The molecule has 3 nitrogen and oxygen atoms in total. The Morgan fingerprint density at radius 3 is 2.53 bits per heavy atom. The van der Waals surface area contributed by atoms with Gasteiger partial charge in [-0.2, -0.15) is 0 Å². The third-order valence-electron chi connectivity index (χ3n) is 4.07. The molecule has 3 heteroatoms. The minimum absolute atomic E-state index is 0.742. The van der Waals surface area contributed by atoms with Crippen LogP contribution in [-0.2, 0) is 0 Å². The van der Waals surface area contributed by atoms with Crippen LogP contribution in [0.1, 0.15) is 46.5 Å². The zero-order valence-electron chi connectivity index (χ0n) is 13.6. The van der Waals surface area contributed by atoms with E-state index in [0.717, 1.165) is 12.0 Å². The summed E-state index contributed by atoms with van der Waals surface area (Å²) in [6.45, 7) is 14.3. The summed E-state index contributed by atoms with van der Waals surface area (Å²) in [5, 5.41) is 3.52. The van der Waals surface area contributed by atoms with E-state index in [1.807, 2.05) is 0 Å². The molecular formula is C16H35N3. The van der Waals surface area contributed by atoms with Gasteiger partial charge < -0.3 is 10.2 Å². The number of rotatable bonds is 9. The number of hydrogen-bond donors (Lipinski definition) is 1. The molecule has 0 aromatic rings. The van der Waals surface area contributed by atoms with Crippen LogP contribution in [0.15, 0.2) is 0 Å². The maximum atomic E-state index is 3.52. The van der Waals surface area contributed by atoms with Gasteiger partial charge in [0.1, 0.15) is 0 Å². The first-order valence-corrected chi connectivity index (χ1v) is 8.23. The van der Waals surface area contributed by atoms with Crippen molar-refractivity contribution in [3.63, 3.8) is 0 Å². The van der Waals surface area contributed by atoms with Crippen LogP contribution in [0.4, 0.5) is 0 Å². The SMILES string of the molecule is CC(C)CNCCCCCCN1CCN(C)CC1C. The standard InChI is InChI=1S/C16H35N3/c1-15(2)13-17-9-7-5-6-8-10-19-12-11-18(4)14-16(19)3/h15-17H,5-14H2,1-4H3. The molecule has 0 amide bonds. The summed E-state index contributed by atoms with van der Waals surface area (Å²) in [6, 6.07) is 0.742. The summed E-state index contributed by atoms with van der Waals surface area (Å²) >= 11 is 0. The monoisotopic (exact) mass is 269 g/mol. The molecule has 1 fully saturated rings. The van der Waals surface area contributed by atoms with Gasteiger partial charge in [0.15, 0.2) is 0 Å².